The first-order valence-corrected chi connectivity index (χ1v) is 5.22. The van der Waals surface area contributed by atoms with Gasteiger partial charge in [0.2, 0.25) is 0 Å². The van der Waals surface area contributed by atoms with E-state index in [1.54, 1.807) is 0 Å². The van der Waals surface area contributed by atoms with Crippen molar-refractivity contribution in [3.05, 3.63) is 35.4 Å². The maximum Gasteiger partial charge on any atom is 0.177 e. The van der Waals surface area contributed by atoms with Gasteiger partial charge in [0, 0.05) is 11.1 Å². The molecule has 15 heavy (non-hydrogen) atoms. The molecule has 1 aromatic carbocycles. The molecular formula is C12H16N2O. The number of fused-ring (bicyclic) bond motifs is 1. The highest BCUT2D eigenvalue weighted by Crippen LogP contribution is 2.29. The molecule has 0 aromatic heterocycles. The fourth-order valence-electron chi connectivity index (χ4n) is 1.62. The quantitative estimate of drug-likeness (QED) is 0.819. The smallest absolute Gasteiger partial charge is 0.177 e. The van der Waals surface area contributed by atoms with Crippen molar-refractivity contribution in [1.82, 2.24) is 0 Å². The summed E-state index contributed by atoms with van der Waals surface area (Å²) in [6.07, 6.45) is -0.205. The molecule has 0 aliphatic carbocycles. The Hall–Kier alpha value is -1.35. The molecular weight excluding hydrogens is 188 g/mol. The summed E-state index contributed by atoms with van der Waals surface area (Å²) in [5.74, 6) is 1.09. The third-order valence-electron chi connectivity index (χ3n) is 2.35. The van der Waals surface area contributed by atoms with Crippen molar-refractivity contribution in [2.24, 2.45) is 16.6 Å². The lowest BCUT2D eigenvalue weighted by atomic mass is 10.1. The number of nitrogens with zero attached hydrogens (tertiary/aromatic N) is 1. The molecule has 0 fully saturated rings. The summed E-state index contributed by atoms with van der Waals surface area (Å²) < 4.78 is 5.69. The second kappa shape index (κ2) is 4.03. The zero-order chi connectivity index (χ0) is 10.8. The predicted molar refractivity (Wildman–Crippen MR) is 60.7 cm³/mol. The highest BCUT2D eigenvalue weighted by atomic mass is 16.5. The SMILES string of the molecule is CC(C)COC1N=C(N)c2ccccc21. The summed E-state index contributed by atoms with van der Waals surface area (Å²) in [5.41, 5.74) is 7.90. The molecule has 0 spiro atoms. The second-order valence-corrected chi connectivity index (χ2v) is 4.18. The Balaban J connectivity index is 2.16. The van der Waals surface area contributed by atoms with Gasteiger partial charge in [-0.25, -0.2) is 4.99 Å². The van der Waals surface area contributed by atoms with E-state index < -0.39 is 0 Å². The standard InChI is InChI=1S/C12H16N2O/c1-8(2)7-15-12-10-6-4-3-5-9(10)11(13)14-12/h3-6,8,12H,7H2,1-2H3,(H2,13,14). The van der Waals surface area contributed by atoms with Crippen LogP contribution in [0.15, 0.2) is 29.3 Å². The summed E-state index contributed by atoms with van der Waals surface area (Å²) in [6.45, 7) is 4.94. The number of hydrogen-bond acceptors (Lipinski definition) is 3. The van der Waals surface area contributed by atoms with Crippen LogP contribution in [-0.2, 0) is 4.74 Å². The van der Waals surface area contributed by atoms with Crippen LogP contribution in [0.1, 0.15) is 31.2 Å². The first-order valence-electron chi connectivity index (χ1n) is 5.22. The lowest BCUT2D eigenvalue weighted by molar-refractivity contribution is 0.0429. The monoisotopic (exact) mass is 204 g/mol. The lowest BCUT2D eigenvalue weighted by Gasteiger charge is -2.12. The van der Waals surface area contributed by atoms with Gasteiger partial charge in [0.25, 0.3) is 0 Å². The molecule has 1 atom stereocenters. The summed E-state index contributed by atoms with van der Waals surface area (Å²) in [7, 11) is 0. The van der Waals surface area contributed by atoms with Crippen molar-refractivity contribution < 1.29 is 4.74 Å². The second-order valence-electron chi connectivity index (χ2n) is 4.18. The summed E-state index contributed by atoms with van der Waals surface area (Å²) in [6, 6.07) is 7.95. The Kier molecular flexibility index (Phi) is 2.73. The molecule has 3 heteroatoms. The minimum Gasteiger partial charge on any atom is -0.383 e. The van der Waals surface area contributed by atoms with Crippen LogP contribution in [0.25, 0.3) is 0 Å². The molecule has 1 aliphatic rings. The van der Waals surface area contributed by atoms with E-state index in [1.165, 1.54) is 0 Å². The fourth-order valence-corrected chi connectivity index (χ4v) is 1.62. The number of ether oxygens (including phenoxy) is 1. The van der Waals surface area contributed by atoms with Crippen molar-refractivity contribution in [2.45, 2.75) is 20.1 Å². The average molecular weight is 204 g/mol. The van der Waals surface area contributed by atoms with Crippen LogP contribution < -0.4 is 5.73 Å². The molecule has 2 N–H and O–H groups in total. The van der Waals surface area contributed by atoms with Crippen LogP contribution in [0.4, 0.5) is 0 Å². The molecule has 0 amide bonds. The maximum absolute atomic E-state index is 5.81. The number of aliphatic imine (C=N–C) groups is 1. The highest BCUT2D eigenvalue weighted by Gasteiger charge is 2.23. The molecule has 0 saturated heterocycles. The topological polar surface area (TPSA) is 47.6 Å². The van der Waals surface area contributed by atoms with Crippen LogP contribution >= 0.6 is 0 Å². The van der Waals surface area contributed by atoms with Gasteiger partial charge in [-0.2, -0.15) is 0 Å². The normalized spacial score (nSPS) is 19.1. The van der Waals surface area contributed by atoms with Crippen LogP contribution in [0, 0.1) is 5.92 Å². The van der Waals surface area contributed by atoms with Crippen LogP contribution in [-0.4, -0.2) is 12.4 Å². The zero-order valence-corrected chi connectivity index (χ0v) is 9.10. The lowest BCUT2D eigenvalue weighted by Crippen LogP contribution is -2.09. The van der Waals surface area contributed by atoms with Gasteiger partial charge in [-0.1, -0.05) is 38.1 Å². The Bertz CT molecular complexity index is 385. The molecule has 0 saturated carbocycles. The molecule has 2 rings (SSSR count). The Morgan fingerprint density at radius 2 is 2.13 bits per heavy atom. The van der Waals surface area contributed by atoms with Gasteiger partial charge in [0.05, 0.1) is 6.61 Å². The van der Waals surface area contributed by atoms with Gasteiger partial charge in [-0.15, -0.1) is 0 Å². The van der Waals surface area contributed by atoms with E-state index in [-0.39, 0.29) is 6.23 Å². The molecule has 80 valence electrons. The van der Waals surface area contributed by atoms with Crippen molar-refractivity contribution in [1.29, 1.82) is 0 Å². The number of amidine groups is 1. The molecule has 1 aromatic rings. The number of nitrogens with two attached hydrogens (primary N) is 1. The first kappa shape index (κ1) is 10.2. The number of hydrogen-bond donors (Lipinski definition) is 1. The molecule has 0 radical (unpaired) electrons. The first-order chi connectivity index (χ1) is 7.18. The van der Waals surface area contributed by atoms with Crippen molar-refractivity contribution in [3.63, 3.8) is 0 Å². The number of benzene rings is 1. The van der Waals surface area contributed by atoms with E-state index in [4.69, 9.17) is 10.5 Å². The molecule has 1 unspecified atom stereocenters. The van der Waals surface area contributed by atoms with E-state index in [0.29, 0.717) is 18.4 Å². The molecule has 0 bridgehead atoms. The average Bonchev–Trinajstić information content (AvgIpc) is 2.54. The van der Waals surface area contributed by atoms with Crippen molar-refractivity contribution >= 4 is 5.84 Å². The van der Waals surface area contributed by atoms with Gasteiger partial charge in [-0.3, -0.25) is 0 Å². The van der Waals surface area contributed by atoms with E-state index in [1.807, 2.05) is 24.3 Å². The van der Waals surface area contributed by atoms with Crippen molar-refractivity contribution in [3.8, 4) is 0 Å². The third-order valence-corrected chi connectivity index (χ3v) is 2.35. The van der Waals surface area contributed by atoms with E-state index >= 15 is 0 Å². The minimum atomic E-state index is -0.205. The van der Waals surface area contributed by atoms with Crippen LogP contribution in [0.3, 0.4) is 0 Å². The van der Waals surface area contributed by atoms with Crippen LogP contribution in [0.2, 0.25) is 0 Å². The van der Waals surface area contributed by atoms with Crippen molar-refractivity contribution in [2.75, 3.05) is 6.61 Å². The summed E-state index contributed by atoms with van der Waals surface area (Å²) in [5, 5.41) is 0. The van der Waals surface area contributed by atoms with Crippen LogP contribution in [0.5, 0.6) is 0 Å². The zero-order valence-electron chi connectivity index (χ0n) is 9.10. The largest absolute Gasteiger partial charge is 0.383 e. The van der Waals surface area contributed by atoms with E-state index in [9.17, 15) is 0 Å². The van der Waals surface area contributed by atoms with E-state index in [2.05, 4.69) is 18.8 Å². The highest BCUT2D eigenvalue weighted by molar-refractivity contribution is 6.01. The van der Waals surface area contributed by atoms with Gasteiger partial charge < -0.3 is 10.5 Å². The third kappa shape index (κ3) is 2.02. The predicted octanol–water partition coefficient (Wildman–Crippen LogP) is 2.08. The van der Waals surface area contributed by atoms with Gasteiger partial charge in [0.1, 0.15) is 5.84 Å². The van der Waals surface area contributed by atoms with E-state index in [0.717, 1.165) is 11.1 Å². The van der Waals surface area contributed by atoms with Gasteiger partial charge in [-0.05, 0) is 5.92 Å². The Morgan fingerprint density at radius 1 is 1.40 bits per heavy atom. The molecule has 1 heterocycles. The Labute approximate surface area is 90.0 Å². The fraction of sp³-hybridized carbons (Fsp3) is 0.417. The maximum atomic E-state index is 5.81. The number of rotatable bonds is 3. The Morgan fingerprint density at radius 3 is 2.87 bits per heavy atom. The summed E-state index contributed by atoms with van der Waals surface area (Å²) >= 11 is 0. The molecule has 3 nitrogen and oxygen atoms in total. The van der Waals surface area contributed by atoms with Gasteiger partial charge in [0.15, 0.2) is 6.23 Å². The summed E-state index contributed by atoms with van der Waals surface area (Å²) in [4.78, 5) is 4.30. The minimum absolute atomic E-state index is 0.205. The molecule has 1 aliphatic heterocycles. The van der Waals surface area contributed by atoms with Gasteiger partial charge >= 0.3 is 0 Å².